The van der Waals surface area contributed by atoms with Crippen molar-refractivity contribution < 1.29 is 9.59 Å². The second-order valence-corrected chi connectivity index (χ2v) is 5.51. The van der Waals surface area contributed by atoms with Crippen LogP contribution in [0.2, 0.25) is 0 Å². The summed E-state index contributed by atoms with van der Waals surface area (Å²) >= 11 is 0. The van der Waals surface area contributed by atoms with Crippen LogP contribution >= 0.6 is 0 Å². The van der Waals surface area contributed by atoms with Crippen LogP contribution in [-0.2, 0) is 4.79 Å². The lowest BCUT2D eigenvalue weighted by Crippen LogP contribution is -2.37. The van der Waals surface area contributed by atoms with Crippen molar-refractivity contribution in [2.75, 3.05) is 5.32 Å². The van der Waals surface area contributed by atoms with Crippen LogP contribution in [-0.4, -0.2) is 28.9 Å². The van der Waals surface area contributed by atoms with Gasteiger partial charge in [-0.15, -0.1) is 0 Å². The number of amides is 2. The molecule has 1 aromatic heterocycles. The minimum atomic E-state index is -0.639. The average Bonchev–Trinajstić information content (AvgIpc) is 2.48. The van der Waals surface area contributed by atoms with Gasteiger partial charge in [0.25, 0.3) is 5.91 Å². The quantitative estimate of drug-likeness (QED) is 0.781. The number of nitrogens with zero attached hydrogens (tertiary/aromatic N) is 1. The van der Waals surface area contributed by atoms with Crippen LogP contribution in [0.1, 0.15) is 49.4 Å². The highest BCUT2D eigenvalue weighted by Gasteiger charge is 2.19. The van der Waals surface area contributed by atoms with Crippen molar-refractivity contribution in [2.24, 2.45) is 5.73 Å². The minimum Gasteiger partial charge on any atom is -0.349 e. The lowest BCUT2D eigenvalue weighted by Gasteiger charge is -2.23. The van der Waals surface area contributed by atoms with Crippen molar-refractivity contribution in [3.63, 3.8) is 0 Å². The summed E-state index contributed by atoms with van der Waals surface area (Å²) in [5, 5.41) is 5.67. The van der Waals surface area contributed by atoms with E-state index in [9.17, 15) is 9.59 Å². The molecule has 2 amide bonds. The minimum absolute atomic E-state index is 0.177. The van der Waals surface area contributed by atoms with E-state index in [1.165, 1.54) is 18.8 Å². The van der Waals surface area contributed by atoms with Gasteiger partial charge in [-0.3, -0.25) is 14.6 Å². The molecule has 6 nitrogen and oxygen atoms in total. The molecular formula is C15H22N4O2. The van der Waals surface area contributed by atoms with E-state index in [2.05, 4.69) is 15.6 Å². The first kappa shape index (κ1) is 15.4. The van der Waals surface area contributed by atoms with E-state index in [1.807, 2.05) is 0 Å². The maximum atomic E-state index is 12.4. The Balaban J connectivity index is 2.07. The van der Waals surface area contributed by atoms with Crippen molar-refractivity contribution in [1.82, 2.24) is 10.3 Å². The van der Waals surface area contributed by atoms with E-state index >= 15 is 0 Å². The zero-order valence-corrected chi connectivity index (χ0v) is 12.3. The van der Waals surface area contributed by atoms with Gasteiger partial charge in [-0.1, -0.05) is 19.3 Å². The Hall–Kier alpha value is -1.95. The van der Waals surface area contributed by atoms with Gasteiger partial charge in [-0.05, 0) is 25.8 Å². The molecule has 0 spiro atoms. The Morgan fingerprint density at radius 3 is 2.71 bits per heavy atom. The molecule has 114 valence electrons. The third kappa shape index (κ3) is 4.26. The van der Waals surface area contributed by atoms with E-state index in [0.29, 0.717) is 11.3 Å². The maximum Gasteiger partial charge on any atom is 0.253 e. The molecule has 1 fully saturated rings. The average molecular weight is 290 g/mol. The molecule has 1 heterocycles. The van der Waals surface area contributed by atoms with Crippen LogP contribution in [0.15, 0.2) is 18.5 Å². The lowest BCUT2D eigenvalue weighted by atomic mass is 9.95. The second-order valence-electron chi connectivity index (χ2n) is 5.51. The van der Waals surface area contributed by atoms with Gasteiger partial charge in [-0.25, -0.2) is 0 Å². The molecule has 0 radical (unpaired) electrons. The predicted molar refractivity (Wildman–Crippen MR) is 80.9 cm³/mol. The number of carbonyl (C=O) groups is 2. The highest BCUT2D eigenvalue weighted by Crippen LogP contribution is 2.19. The van der Waals surface area contributed by atoms with Crippen molar-refractivity contribution >= 4 is 17.5 Å². The van der Waals surface area contributed by atoms with Gasteiger partial charge in [-0.2, -0.15) is 0 Å². The molecule has 4 N–H and O–H groups in total. The van der Waals surface area contributed by atoms with Gasteiger partial charge in [0.2, 0.25) is 5.91 Å². The predicted octanol–water partition coefficient (Wildman–Crippen LogP) is 1.43. The third-order valence-corrected chi connectivity index (χ3v) is 3.68. The first-order chi connectivity index (χ1) is 10.1. The van der Waals surface area contributed by atoms with Crippen molar-refractivity contribution in [1.29, 1.82) is 0 Å². The zero-order valence-electron chi connectivity index (χ0n) is 12.3. The number of nitrogens with one attached hydrogen (secondary N) is 2. The van der Waals surface area contributed by atoms with E-state index in [-0.39, 0.29) is 17.9 Å². The number of hydrogen-bond donors (Lipinski definition) is 3. The molecule has 1 aromatic rings. The number of hydrogen-bond acceptors (Lipinski definition) is 4. The standard InChI is InChI=1S/C15H22N4O2/c1-10(16)14(20)19-13-9-17-8-7-12(13)15(21)18-11-5-3-2-4-6-11/h7-11H,2-6,16H2,1H3,(H,18,21)(H,19,20). The summed E-state index contributed by atoms with van der Waals surface area (Å²) < 4.78 is 0. The Labute approximate surface area is 124 Å². The molecular weight excluding hydrogens is 268 g/mol. The number of anilines is 1. The molecule has 0 aromatic carbocycles. The molecule has 1 saturated carbocycles. The van der Waals surface area contributed by atoms with Gasteiger partial charge < -0.3 is 16.4 Å². The lowest BCUT2D eigenvalue weighted by molar-refractivity contribution is -0.117. The molecule has 1 aliphatic rings. The Morgan fingerprint density at radius 2 is 2.05 bits per heavy atom. The van der Waals surface area contributed by atoms with Crippen LogP contribution in [0, 0.1) is 0 Å². The van der Waals surface area contributed by atoms with Crippen molar-refractivity contribution in [3.8, 4) is 0 Å². The van der Waals surface area contributed by atoms with Gasteiger partial charge in [0.15, 0.2) is 0 Å². The zero-order chi connectivity index (χ0) is 15.2. The first-order valence-electron chi connectivity index (χ1n) is 7.39. The number of pyridine rings is 1. The summed E-state index contributed by atoms with van der Waals surface area (Å²) in [6, 6.07) is 1.19. The van der Waals surface area contributed by atoms with Gasteiger partial charge in [0.1, 0.15) is 0 Å². The highest BCUT2D eigenvalue weighted by molar-refractivity contribution is 6.04. The summed E-state index contributed by atoms with van der Waals surface area (Å²) in [5.74, 6) is -0.515. The van der Waals surface area contributed by atoms with Crippen LogP contribution in [0.25, 0.3) is 0 Å². The summed E-state index contributed by atoms with van der Waals surface area (Å²) in [4.78, 5) is 28.0. The molecule has 0 saturated heterocycles. The number of nitrogens with two attached hydrogens (primary N) is 1. The Bertz CT molecular complexity index is 510. The second kappa shape index (κ2) is 7.17. The summed E-state index contributed by atoms with van der Waals surface area (Å²) in [7, 11) is 0. The number of carbonyl (C=O) groups excluding carboxylic acids is 2. The van der Waals surface area contributed by atoms with Crippen LogP contribution in [0.5, 0.6) is 0 Å². The monoisotopic (exact) mass is 290 g/mol. The SMILES string of the molecule is CC(N)C(=O)Nc1cnccc1C(=O)NC1CCCCC1. The first-order valence-corrected chi connectivity index (χ1v) is 7.39. The van der Waals surface area contributed by atoms with Crippen LogP contribution in [0.3, 0.4) is 0 Å². The van der Waals surface area contributed by atoms with Gasteiger partial charge in [0.05, 0.1) is 23.5 Å². The number of rotatable bonds is 4. The topological polar surface area (TPSA) is 97.1 Å². The fraction of sp³-hybridized carbons (Fsp3) is 0.533. The Kier molecular flexibility index (Phi) is 5.27. The molecule has 0 bridgehead atoms. The summed E-state index contributed by atoms with van der Waals surface area (Å²) in [5.41, 5.74) is 6.34. The largest absolute Gasteiger partial charge is 0.349 e. The molecule has 2 rings (SSSR count). The number of aromatic nitrogens is 1. The van der Waals surface area contributed by atoms with Crippen molar-refractivity contribution in [2.45, 2.75) is 51.1 Å². The fourth-order valence-corrected chi connectivity index (χ4v) is 2.45. The highest BCUT2D eigenvalue weighted by atomic mass is 16.2. The molecule has 21 heavy (non-hydrogen) atoms. The van der Waals surface area contributed by atoms with Gasteiger partial charge in [0, 0.05) is 12.2 Å². The molecule has 1 unspecified atom stereocenters. The maximum absolute atomic E-state index is 12.4. The van der Waals surface area contributed by atoms with E-state index in [4.69, 9.17) is 5.73 Å². The van der Waals surface area contributed by atoms with E-state index < -0.39 is 6.04 Å². The molecule has 1 aliphatic carbocycles. The molecule has 6 heteroatoms. The van der Waals surface area contributed by atoms with E-state index in [1.54, 1.807) is 13.0 Å². The van der Waals surface area contributed by atoms with Gasteiger partial charge >= 0.3 is 0 Å². The summed E-state index contributed by atoms with van der Waals surface area (Å²) in [6.07, 6.45) is 8.56. The Morgan fingerprint density at radius 1 is 1.33 bits per heavy atom. The smallest absolute Gasteiger partial charge is 0.253 e. The van der Waals surface area contributed by atoms with E-state index in [0.717, 1.165) is 25.7 Å². The molecule has 1 atom stereocenters. The van der Waals surface area contributed by atoms with Crippen molar-refractivity contribution in [3.05, 3.63) is 24.0 Å². The third-order valence-electron chi connectivity index (χ3n) is 3.68. The fourth-order valence-electron chi connectivity index (χ4n) is 2.45. The van der Waals surface area contributed by atoms with Crippen LogP contribution in [0.4, 0.5) is 5.69 Å². The molecule has 0 aliphatic heterocycles. The summed E-state index contributed by atoms with van der Waals surface area (Å²) in [6.45, 7) is 1.59. The normalized spacial score (nSPS) is 17.0. The van der Waals surface area contributed by atoms with Crippen LogP contribution < -0.4 is 16.4 Å².